The van der Waals surface area contributed by atoms with Crippen LogP contribution in [0, 0.1) is 18.8 Å². The summed E-state index contributed by atoms with van der Waals surface area (Å²) >= 11 is 0. The zero-order valence-corrected chi connectivity index (χ0v) is 63.2. The SMILES string of the molecule is CC(=O)Nc1cccc(C(=O)O)n1.CC(=O)Nc1cccc(C)n1.CC(=O)O.CCOC(=O)c1cccc(N)n1.CCOC(=O)c1cccc2nccn12.CN(C)Cc1c(OCC2CC2)ccc2c(CCC3CCNCC3)noc12.Nc1cccc(C(=O)O)n1.O=Cc1cccc2nccn12.O=Cc1cccc2nccn12. The quantitative estimate of drug-likeness (QED) is 0.0292. The lowest BCUT2D eigenvalue weighted by molar-refractivity contribution is -0.134. The van der Waals surface area contributed by atoms with Crippen molar-refractivity contribution in [3.8, 4) is 5.75 Å². The number of hydrogen-bond donors (Lipinski definition) is 8. The first-order valence-electron chi connectivity index (χ1n) is 35.3. The number of esters is 2. The number of aromatic nitrogens is 11. The number of aldehydes is 2. The minimum atomic E-state index is -1.12. The maximum Gasteiger partial charge on any atom is 0.356 e. The predicted octanol–water partition coefficient (Wildman–Crippen LogP) is 10.8. The van der Waals surface area contributed by atoms with Crippen LogP contribution in [-0.2, 0) is 36.8 Å². The molecule has 2 aliphatic rings. The van der Waals surface area contributed by atoms with Gasteiger partial charge in [-0.05, 0) is 195 Å². The van der Waals surface area contributed by atoms with Crippen LogP contribution in [0.1, 0.15) is 147 Å². The maximum atomic E-state index is 11.5. The number of hydrogen-bond acceptors (Lipinski definition) is 25. The number of ether oxygens (including phenoxy) is 3. The Balaban J connectivity index is 0.000000203. The van der Waals surface area contributed by atoms with E-state index in [-0.39, 0.29) is 46.5 Å². The van der Waals surface area contributed by atoms with Gasteiger partial charge in [0.05, 0.1) is 42.5 Å². The lowest BCUT2D eigenvalue weighted by Gasteiger charge is -2.21. The molecule has 1 aliphatic carbocycles. The van der Waals surface area contributed by atoms with Crippen LogP contribution in [0.2, 0.25) is 0 Å². The third kappa shape index (κ3) is 29.8. The summed E-state index contributed by atoms with van der Waals surface area (Å²) in [6.45, 7) is 13.9. The molecule has 1 aliphatic heterocycles. The number of carbonyl (C=O) groups is 9. The van der Waals surface area contributed by atoms with Crippen molar-refractivity contribution < 1.29 is 77.2 Å². The monoisotopic (exact) mass is 1530 g/mol. The number of piperidine rings is 1. The van der Waals surface area contributed by atoms with Gasteiger partial charge in [0.1, 0.15) is 51.7 Å². The number of carboxylic acid groups (broad SMARTS) is 3. The highest BCUT2D eigenvalue weighted by molar-refractivity contribution is 5.91. The van der Waals surface area contributed by atoms with E-state index in [1.54, 1.807) is 119 Å². The molecular formula is C79H91N17O16. The van der Waals surface area contributed by atoms with E-state index in [9.17, 15) is 38.4 Å². The molecule has 0 spiro atoms. The number of aromatic carboxylic acids is 2. The highest BCUT2D eigenvalue weighted by Gasteiger charge is 2.25. The van der Waals surface area contributed by atoms with E-state index in [1.165, 1.54) is 76.3 Å². The van der Waals surface area contributed by atoms with Crippen LogP contribution in [0.4, 0.5) is 23.3 Å². The molecule has 2 fully saturated rings. The smallest absolute Gasteiger partial charge is 0.356 e. The highest BCUT2D eigenvalue weighted by Crippen LogP contribution is 2.35. The topological polar surface area (TPSA) is 463 Å². The Morgan fingerprint density at radius 3 is 1.54 bits per heavy atom. The van der Waals surface area contributed by atoms with Crippen LogP contribution in [0.25, 0.3) is 27.9 Å². The summed E-state index contributed by atoms with van der Waals surface area (Å²) in [5.74, 6) is -0.249. The van der Waals surface area contributed by atoms with Crippen molar-refractivity contribution in [1.29, 1.82) is 0 Å². The minimum absolute atomic E-state index is 0.0278. The Labute approximate surface area is 644 Å². The number of fused-ring (bicyclic) bond motifs is 4. The number of anilines is 4. The van der Waals surface area contributed by atoms with Gasteiger partial charge in [0, 0.05) is 75.6 Å². The van der Waals surface area contributed by atoms with Crippen molar-refractivity contribution >= 4 is 105 Å². The molecule has 1 aromatic carbocycles. The van der Waals surface area contributed by atoms with Gasteiger partial charge in [0.15, 0.2) is 35.2 Å². The number of nitrogen functional groups attached to an aromatic ring is 2. The molecule has 112 heavy (non-hydrogen) atoms. The molecule has 0 atom stereocenters. The van der Waals surface area contributed by atoms with Gasteiger partial charge in [-0.15, -0.1) is 0 Å². The summed E-state index contributed by atoms with van der Waals surface area (Å²) in [7, 11) is 4.16. The number of rotatable bonds is 18. The van der Waals surface area contributed by atoms with E-state index < -0.39 is 23.9 Å². The van der Waals surface area contributed by atoms with Gasteiger partial charge in [0.2, 0.25) is 11.8 Å². The summed E-state index contributed by atoms with van der Waals surface area (Å²) < 4.78 is 26.8. The van der Waals surface area contributed by atoms with Gasteiger partial charge >= 0.3 is 23.9 Å². The number of carboxylic acids is 3. The zero-order valence-electron chi connectivity index (χ0n) is 63.2. The van der Waals surface area contributed by atoms with Gasteiger partial charge in [-0.1, -0.05) is 47.6 Å². The second-order valence-electron chi connectivity index (χ2n) is 24.7. The second kappa shape index (κ2) is 45.8. The Bertz CT molecular complexity index is 4980. The van der Waals surface area contributed by atoms with Crippen molar-refractivity contribution in [2.45, 2.75) is 86.6 Å². The number of carbonyl (C=O) groups excluding carboxylic acids is 6. The first-order chi connectivity index (χ1) is 53.8. The molecule has 12 aromatic rings. The molecular weight excluding hydrogens is 1440 g/mol. The molecule has 2 amide bonds. The number of pyridine rings is 7. The first-order valence-corrected chi connectivity index (χ1v) is 35.3. The van der Waals surface area contributed by atoms with Crippen LogP contribution >= 0.6 is 0 Å². The molecule has 0 radical (unpaired) electrons. The molecule has 588 valence electrons. The van der Waals surface area contributed by atoms with Gasteiger partial charge in [0.25, 0.3) is 5.97 Å². The van der Waals surface area contributed by atoms with Gasteiger partial charge < -0.3 is 66.4 Å². The van der Waals surface area contributed by atoms with Crippen LogP contribution in [0.15, 0.2) is 181 Å². The molecule has 33 nitrogen and oxygen atoms in total. The molecule has 0 unspecified atom stereocenters. The number of imidazole rings is 3. The molecule has 0 bridgehead atoms. The van der Waals surface area contributed by atoms with Crippen molar-refractivity contribution in [3.63, 3.8) is 0 Å². The van der Waals surface area contributed by atoms with E-state index in [0.29, 0.717) is 41.9 Å². The number of nitrogens with two attached hydrogens (primary N) is 2. The fraction of sp³-hybridized carbons (Fsp3) is 0.278. The molecule has 33 heteroatoms. The average molecular weight is 1530 g/mol. The molecule has 10 N–H and O–H groups in total. The Morgan fingerprint density at radius 2 is 1.05 bits per heavy atom. The number of amides is 2. The standard InChI is InChI=1S/C21H31N3O2.C10H10N2O2.C8H8N2O3.C8H10N2O2.2C8H6N2O.C8H10N2O.C6H6N2O2.C2H4O2/c1-24(2)13-18-20(25-14-16-3-4-16)8-6-17-19(23-26-21(17)18)7-5-15-9-11-22-12-10-15;1-2-14-10(13)8-4-3-5-9-11-6-7-12(8)9;1-5(11)9-7-4-2-3-6(10-7)8(12)13;1-2-12-8(11)6-4-3-5-7(9)10-6;2*11-6-7-2-1-3-8-9-4-5-10(7)8;1-6-4-3-5-8(9-6)10-7(2)11;7-5-3-1-2-4(8-5)6(9)10;1-2(3)4/h6,8,15-16,22H,3-5,7,9-14H2,1-2H3;3-7H,2H2,1H3;2-4H,1H3,(H,12,13)(H,9,10,11);3-5H,2H2,1H3,(H2,9,10);2*1-6H;3-5H,1-2H3,(H,9,10,11);1-3H,(H2,7,8)(H,9,10);1H3,(H,3,4). The summed E-state index contributed by atoms with van der Waals surface area (Å²) in [4.78, 5) is 124. The summed E-state index contributed by atoms with van der Waals surface area (Å²) in [5.41, 5.74) is 18.9. The van der Waals surface area contributed by atoms with Crippen molar-refractivity contribution in [3.05, 3.63) is 228 Å². The fourth-order valence-electron chi connectivity index (χ4n) is 10.3. The number of nitrogens with one attached hydrogen (secondary N) is 3. The van der Waals surface area contributed by atoms with Crippen LogP contribution < -0.4 is 32.2 Å². The zero-order chi connectivity index (χ0) is 81.5. The third-order valence-corrected chi connectivity index (χ3v) is 15.5. The normalized spacial score (nSPS) is 11.7. The Kier molecular flexibility index (Phi) is 35.7. The van der Waals surface area contributed by atoms with E-state index in [0.717, 1.165) is 115 Å². The van der Waals surface area contributed by atoms with E-state index in [1.807, 2.05) is 49.4 Å². The van der Waals surface area contributed by atoms with Crippen LogP contribution in [0.3, 0.4) is 0 Å². The van der Waals surface area contributed by atoms with Crippen molar-refractivity contribution in [1.82, 2.24) is 63.5 Å². The first kappa shape index (κ1) is 87.2. The molecule has 12 heterocycles. The van der Waals surface area contributed by atoms with E-state index >= 15 is 0 Å². The number of benzene rings is 1. The predicted molar refractivity (Wildman–Crippen MR) is 418 cm³/mol. The molecule has 1 saturated carbocycles. The molecule has 1 saturated heterocycles. The summed E-state index contributed by atoms with van der Waals surface area (Å²) in [5, 5.41) is 38.4. The fourth-order valence-corrected chi connectivity index (χ4v) is 10.3. The van der Waals surface area contributed by atoms with Crippen LogP contribution in [0.5, 0.6) is 5.75 Å². The lowest BCUT2D eigenvalue weighted by atomic mass is 9.92. The van der Waals surface area contributed by atoms with Gasteiger partial charge in [-0.25, -0.2) is 54.1 Å². The molecule has 11 aromatic heterocycles. The van der Waals surface area contributed by atoms with Crippen molar-refractivity contribution in [2.24, 2.45) is 11.8 Å². The Hall–Kier alpha value is -13.7. The summed E-state index contributed by atoms with van der Waals surface area (Å²) in [6, 6.07) is 39.6. The van der Waals surface area contributed by atoms with Crippen LogP contribution in [-0.4, -0.2) is 175 Å². The average Bonchev–Trinajstić information content (AvgIpc) is 1.63. The maximum absolute atomic E-state index is 11.5. The lowest BCUT2D eigenvalue weighted by Crippen LogP contribution is -2.27. The number of nitrogens with zero attached hydrogens (tertiary/aromatic N) is 12. The highest BCUT2D eigenvalue weighted by atomic mass is 16.5. The van der Waals surface area contributed by atoms with Gasteiger partial charge in [-0.3, -0.25) is 37.2 Å². The number of aryl methyl sites for hydroxylation is 2. The van der Waals surface area contributed by atoms with Gasteiger partial charge in [-0.2, -0.15) is 0 Å². The van der Waals surface area contributed by atoms with E-state index in [4.69, 9.17) is 50.3 Å². The Morgan fingerprint density at radius 1 is 0.580 bits per heavy atom. The summed E-state index contributed by atoms with van der Waals surface area (Å²) in [6.07, 6.45) is 19.2. The number of aliphatic carboxylic acids is 1. The minimum Gasteiger partial charge on any atom is -0.493 e. The largest absolute Gasteiger partial charge is 0.493 e. The van der Waals surface area contributed by atoms with E-state index in [2.05, 4.69) is 87.1 Å². The third-order valence-electron chi connectivity index (χ3n) is 15.5. The van der Waals surface area contributed by atoms with Crippen molar-refractivity contribution in [2.75, 3.05) is 69.1 Å². The second-order valence-corrected chi connectivity index (χ2v) is 24.7. The molecule has 14 rings (SSSR count).